The Morgan fingerprint density at radius 1 is 1.11 bits per heavy atom. The molecule has 7 heteroatoms. The van der Waals surface area contributed by atoms with Crippen molar-refractivity contribution in [3.63, 3.8) is 0 Å². The van der Waals surface area contributed by atoms with Crippen LogP contribution in [0.5, 0.6) is 5.88 Å². The number of nitrogens with zero attached hydrogens (tertiary/aromatic N) is 4. The molecular weight excluding hydrogens is 458 g/mol. The minimum Gasteiger partial charge on any atom is -0.474 e. The second-order valence-electron chi connectivity index (χ2n) is 6.80. The molecule has 27 heavy (non-hydrogen) atoms. The Hall–Kier alpha value is -2.03. The van der Waals surface area contributed by atoms with Gasteiger partial charge >= 0.3 is 0 Å². The van der Waals surface area contributed by atoms with Crippen LogP contribution >= 0.6 is 22.6 Å². The minimum absolute atomic E-state index is 0.171. The Morgan fingerprint density at radius 2 is 1.93 bits per heavy atom. The van der Waals surface area contributed by atoms with Crippen LogP contribution in [0, 0.1) is 16.3 Å². The number of hydrogen-bond acceptors (Lipinski definition) is 4. The first-order chi connectivity index (χ1) is 13.1. The lowest BCUT2D eigenvalue weighted by Crippen LogP contribution is -2.25. The van der Waals surface area contributed by atoms with Gasteiger partial charge in [-0.1, -0.05) is 6.07 Å². The molecule has 2 heterocycles. The summed E-state index contributed by atoms with van der Waals surface area (Å²) in [4.78, 5) is 4.24. The number of hydrogen-bond donors (Lipinski definition) is 0. The third-order valence-corrected chi connectivity index (χ3v) is 5.85. The van der Waals surface area contributed by atoms with E-state index >= 15 is 0 Å². The zero-order valence-corrected chi connectivity index (χ0v) is 17.1. The van der Waals surface area contributed by atoms with Gasteiger partial charge in [-0.25, -0.2) is 9.37 Å². The first kappa shape index (κ1) is 18.3. The summed E-state index contributed by atoms with van der Waals surface area (Å²) in [6.07, 6.45) is 5.71. The van der Waals surface area contributed by atoms with Gasteiger partial charge in [-0.15, -0.1) is 10.2 Å². The molecule has 4 rings (SSSR count). The van der Waals surface area contributed by atoms with Crippen molar-refractivity contribution in [3.8, 4) is 11.6 Å². The van der Waals surface area contributed by atoms with Crippen molar-refractivity contribution in [3.05, 3.63) is 63.6 Å². The van der Waals surface area contributed by atoms with E-state index in [1.54, 1.807) is 18.3 Å². The lowest BCUT2D eigenvalue weighted by molar-refractivity contribution is 0.139. The van der Waals surface area contributed by atoms with Crippen molar-refractivity contribution in [2.75, 3.05) is 0 Å². The molecule has 0 amide bonds. The second kappa shape index (κ2) is 7.92. The molecule has 0 atom stereocenters. The molecule has 1 fully saturated rings. The van der Waals surface area contributed by atoms with Crippen LogP contribution < -0.4 is 4.74 Å². The van der Waals surface area contributed by atoms with Crippen LogP contribution in [0.2, 0.25) is 0 Å². The summed E-state index contributed by atoms with van der Waals surface area (Å²) in [6.45, 7) is 1.90. The number of aromatic nitrogens is 4. The van der Waals surface area contributed by atoms with Gasteiger partial charge in [0.1, 0.15) is 23.6 Å². The van der Waals surface area contributed by atoms with Gasteiger partial charge in [0.2, 0.25) is 5.88 Å². The van der Waals surface area contributed by atoms with Crippen LogP contribution in [0.15, 0.2) is 42.6 Å². The molecule has 1 aromatic carbocycles. The van der Waals surface area contributed by atoms with Gasteiger partial charge in [0, 0.05) is 21.8 Å². The molecule has 0 spiro atoms. The Kier molecular flexibility index (Phi) is 5.38. The van der Waals surface area contributed by atoms with Crippen molar-refractivity contribution < 1.29 is 9.13 Å². The van der Waals surface area contributed by atoms with E-state index in [1.807, 2.05) is 58.3 Å². The number of halogens is 2. The maximum Gasteiger partial charge on any atom is 0.213 e. The van der Waals surface area contributed by atoms with Crippen molar-refractivity contribution in [1.29, 1.82) is 0 Å². The fraction of sp³-hybridized carbons (Fsp3) is 0.350. The quantitative estimate of drug-likeness (QED) is 0.505. The molecule has 140 valence electrons. The number of rotatable bonds is 4. The van der Waals surface area contributed by atoms with E-state index in [0.717, 1.165) is 43.0 Å². The normalized spacial score (nSPS) is 19.8. The molecule has 2 aromatic heterocycles. The van der Waals surface area contributed by atoms with Crippen molar-refractivity contribution in [1.82, 2.24) is 19.7 Å². The van der Waals surface area contributed by atoms with E-state index in [2.05, 4.69) is 15.2 Å². The number of benzene rings is 1. The van der Waals surface area contributed by atoms with Crippen molar-refractivity contribution in [2.45, 2.75) is 44.6 Å². The van der Waals surface area contributed by atoms with Gasteiger partial charge in [-0.2, -0.15) is 0 Å². The molecule has 0 radical (unpaired) electrons. The summed E-state index contributed by atoms with van der Waals surface area (Å²) >= 11 is 2.00. The van der Waals surface area contributed by atoms with Crippen LogP contribution in [0.1, 0.15) is 43.3 Å². The summed E-state index contributed by atoms with van der Waals surface area (Å²) in [7, 11) is 0. The zero-order chi connectivity index (χ0) is 18.8. The van der Waals surface area contributed by atoms with E-state index < -0.39 is 0 Å². The first-order valence-corrected chi connectivity index (χ1v) is 10.1. The lowest BCUT2D eigenvalue weighted by atomic mass is 9.86. The summed E-state index contributed by atoms with van der Waals surface area (Å²) in [5.41, 5.74) is 0.775. The Bertz CT molecular complexity index is 923. The zero-order valence-electron chi connectivity index (χ0n) is 15.0. The molecule has 0 N–H and O–H groups in total. The van der Waals surface area contributed by atoms with Crippen LogP contribution in [0.25, 0.3) is 5.69 Å². The molecular formula is C20H20FIN4O. The molecule has 1 saturated carbocycles. The van der Waals surface area contributed by atoms with Gasteiger partial charge in [0.05, 0.1) is 5.69 Å². The van der Waals surface area contributed by atoms with Crippen molar-refractivity contribution >= 4 is 22.6 Å². The lowest BCUT2D eigenvalue weighted by Gasteiger charge is -2.28. The summed E-state index contributed by atoms with van der Waals surface area (Å²) < 4.78 is 22.6. The molecule has 0 aliphatic heterocycles. The Labute approximate surface area is 171 Å². The average molecular weight is 478 g/mol. The van der Waals surface area contributed by atoms with E-state index in [0.29, 0.717) is 9.45 Å². The highest BCUT2D eigenvalue weighted by Gasteiger charge is 2.28. The molecule has 0 saturated heterocycles. The van der Waals surface area contributed by atoms with Gasteiger partial charge in [-0.05, 0) is 79.5 Å². The smallest absolute Gasteiger partial charge is 0.213 e. The van der Waals surface area contributed by atoms with Crippen molar-refractivity contribution in [2.24, 2.45) is 0 Å². The average Bonchev–Trinajstić information content (AvgIpc) is 3.07. The van der Waals surface area contributed by atoms with E-state index in [-0.39, 0.29) is 17.8 Å². The highest BCUT2D eigenvalue weighted by atomic mass is 127. The summed E-state index contributed by atoms with van der Waals surface area (Å²) in [6, 6.07) is 11.0. The SMILES string of the molecule is Cc1nnc(C2CCC(Oc3ccccn3)CC2)n1-c1ccc(I)c(F)c1. The third-order valence-electron chi connectivity index (χ3n) is 4.98. The fourth-order valence-electron chi connectivity index (χ4n) is 3.61. The monoisotopic (exact) mass is 478 g/mol. The molecule has 1 aliphatic carbocycles. The van der Waals surface area contributed by atoms with Gasteiger partial charge in [0.15, 0.2) is 0 Å². The first-order valence-electron chi connectivity index (χ1n) is 9.07. The highest BCUT2D eigenvalue weighted by Crippen LogP contribution is 2.35. The van der Waals surface area contributed by atoms with E-state index in [4.69, 9.17) is 4.74 Å². The summed E-state index contributed by atoms with van der Waals surface area (Å²) in [5.74, 6) is 2.42. The number of pyridine rings is 1. The largest absolute Gasteiger partial charge is 0.474 e. The molecule has 3 aromatic rings. The maximum absolute atomic E-state index is 14.1. The number of ether oxygens (including phenoxy) is 1. The summed E-state index contributed by atoms with van der Waals surface area (Å²) in [5, 5.41) is 8.67. The van der Waals surface area contributed by atoms with Crippen LogP contribution in [-0.2, 0) is 0 Å². The second-order valence-corrected chi connectivity index (χ2v) is 7.96. The molecule has 0 bridgehead atoms. The highest BCUT2D eigenvalue weighted by molar-refractivity contribution is 14.1. The Balaban J connectivity index is 1.50. The predicted octanol–water partition coefficient (Wildman–Crippen LogP) is 4.82. The number of aryl methyl sites for hydroxylation is 1. The molecule has 5 nitrogen and oxygen atoms in total. The minimum atomic E-state index is -0.223. The van der Waals surface area contributed by atoms with Gasteiger partial charge in [0.25, 0.3) is 0 Å². The molecule has 0 unspecified atom stereocenters. The van der Waals surface area contributed by atoms with Crippen LogP contribution in [-0.4, -0.2) is 25.9 Å². The van der Waals surface area contributed by atoms with Gasteiger partial charge < -0.3 is 4.74 Å². The van der Waals surface area contributed by atoms with E-state index in [9.17, 15) is 4.39 Å². The topological polar surface area (TPSA) is 52.8 Å². The van der Waals surface area contributed by atoms with E-state index in [1.165, 1.54) is 0 Å². The van der Waals surface area contributed by atoms with Crippen LogP contribution in [0.4, 0.5) is 4.39 Å². The Morgan fingerprint density at radius 3 is 2.63 bits per heavy atom. The fourth-order valence-corrected chi connectivity index (χ4v) is 3.95. The van der Waals surface area contributed by atoms with Gasteiger partial charge in [-0.3, -0.25) is 4.57 Å². The molecule has 1 aliphatic rings. The third kappa shape index (κ3) is 3.97. The van der Waals surface area contributed by atoms with Crippen LogP contribution in [0.3, 0.4) is 0 Å². The predicted molar refractivity (Wildman–Crippen MR) is 109 cm³/mol. The maximum atomic E-state index is 14.1. The standard InChI is InChI=1S/C20H20FIN4O/c1-13-24-25-20(26(13)15-7-10-18(22)17(21)12-15)14-5-8-16(9-6-14)27-19-4-2-3-11-23-19/h2-4,7,10-12,14,16H,5-6,8-9H2,1H3.